The average Bonchev–Trinajstić information content (AvgIpc) is 2.75. The van der Waals surface area contributed by atoms with Gasteiger partial charge in [-0.25, -0.2) is 4.39 Å². The van der Waals surface area contributed by atoms with E-state index in [1.807, 2.05) is 30.3 Å². The number of anilines is 1. The summed E-state index contributed by atoms with van der Waals surface area (Å²) in [4.78, 5) is 14.8. The molecule has 2 aliphatic rings. The summed E-state index contributed by atoms with van der Waals surface area (Å²) >= 11 is 0. The highest BCUT2D eigenvalue weighted by Crippen LogP contribution is 2.25. The number of piperidine rings is 2. The van der Waals surface area contributed by atoms with Gasteiger partial charge in [0.15, 0.2) is 0 Å². The van der Waals surface area contributed by atoms with E-state index in [4.69, 9.17) is 0 Å². The molecule has 5 heteroatoms. The number of benzene rings is 2. The van der Waals surface area contributed by atoms with E-state index in [1.54, 1.807) is 6.07 Å². The summed E-state index contributed by atoms with van der Waals surface area (Å²) in [5, 5.41) is 6.61. The first-order valence-electron chi connectivity index (χ1n) is 10.3. The molecule has 1 atom stereocenters. The van der Waals surface area contributed by atoms with Crippen LogP contribution in [0.15, 0.2) is 48.5 Å². The predicted molar refractivity (Wildman–Crippen MR) is 110 cm³/mol. The SMILES string of the molecule is O=C(NC1CCN(c2ccccc2F)CC1)c1cccc([C@H]2CCCNC2)c1. The summed E-state index contributed by atoms with van der Waals surface area (Å²) in [5.74, 6) is 0.305. The third-order valence-electron chi connectivity index (χ3n) is 5.94. The second-order valence-electron chi connectivity index (χ2n) is 7.85. The van der Waals surface area contributed by atoms with Crippen molar-refractivity contribution in [2.75, 3.05) is 31.1 Å². The van der Waals surface area contributed by atoms with Crippen LogP contribution in [0.5, 0.6) is 0 Å². The Balaban J connectivity index is 1.34. The van der Waals surface area contributed by atoms with Crippen molar-refractivity contribution in [2.24, 2.45) is 0 Å². The third-order valence-corrected chi connectivity index (χ3v) is 5.94. The molecular formula is C23H28FN3O. The van der Waals surface area contributed by atoms with Gasteiger partial charge in [-0.3, -0.25) is 4.79 Å². The maximum Gasteiger partial charge on any atom is 0.251 e. The second kappa shape index (κ2) is 8.74. The molecule has 0 aromatic heterocycles. The molecule has 2 saturated heterocycles. The van der Waals surface area contributed by atoms with Crippen LogP contribution in [0.4, 0.5) is 10.1 Å². The molecule has 2 aliphatic heterocycles. The Labute approximate surface area is 166 Å². The summed E-state index contributed by atoms with van der Waals surface area (Å²) in [6, 6.07) is 15.1. The van der Waals surface area contributed by atoms with Crippen molar-refractivity contribution in [2.45, 2.75) is 37.6 Å². The Bertz CT molecular complexity index is 811. The highest BCUT2D eigenvalue weighted by molar-refractivity contribution is 5.94. The molecule has 2 heterocycles. The second-order valence-corrected chi connectivity index (χ2v) is 7.85. The van der Waals surface area contributed by atoms with E-state index in [-0.39, 0.29) is 17.8 Å². The van der Waals surface area contributed by atoms with E-state index >= 15 is 0 Å². The highest BCUT2D eigenvalue weighted by atomic mass is 19.1. The Morgan fingerprint density at radius 3 is 2.64 bits per heavy atom. The topological polar surface area (TPSA) is 44.4 Å². The lowest BCUT2D eigenvalue weighted by Crippen LogP contribution is -2.45. The van der Waals surface area contributed by atoms with Gasteiger partial charge in [0.1, 0.15) is 5.82 Å². The van der Waals surface area contributed by atoms with Crippen LogP contribution in [-0.4, -0.2) is 38.1 Å². The van der Waals surface area contributed by atoms with Crippen LogP contribution in [0.25, 0.3) is 0 Å². The van der Waals surface area contributed by atoms with E-state index in [0.717, 1.165) is 44.6 Å². The number of rotatable bonds is 4. The molecule has 4 nitrogen and oxygen atoms in total. The molecule has 28 heavy (non-hydrogen) atoms. The monoisotopic (exact) mass is 381 g/mol. The van der Waals surface area contributed by atoms with Crippen molar-refractivity contribution >= 4 is 11.6 Å². The largest absolute Gasteiger partial charge is 0.369 e. The number of amides is 1. The summed E-state index contributed by atoms with van der Waals surface area (Å²) < 4.78 is 14.0. The van der Waals surface area contributed by atoms with Gasteiger partial charge in [0.25, 0.3) is 5.91 Å². The number of hydrogen-bond acceptors (Lipinski definition) is 3. The zero-order valence-electron chi connectivity index (χ0n) is 16.2. The summed E-state index contributed by atoms with van der Waals surface area (Å²) in [6.07, 6.45) is 4.01. The van der Waals surface area contributed by atoms with Gasteiger partial charge in [0, 0.05) is 31.2 Å². The number of nitrogens with one attached hydrogen (secondary N) is 2. The van der Waals surface area contributed by atoms with Crippen LogP contribution in [0, 0.1) is 5.82 Å². The number of halogens is 1. The maximum atomic E-state index is 14.0. The standard InChI is InChI=1S/C23H28FN3O/c24-21-8-1-2-9-22(21)27-13-10-20(11-14-27)26-23(28)18-6-3-5-17(15-18)19-7-4-12-25-16-19/h1-3,5-6,8-9,15,19-20,25H,4,7,10-14,16H2,(H,26,28)/t19-/m0/s1. The molecular weight excluding hydrogens is 353 g/mol. The molecule has 0 saturated carbocycles. The third kappa shape index (κ3) is 4.36. The van der Waals surface area contributed by atoms with Gasteiger partial charge in [0.2, 0.25) is 0 Å². The molecule has 2 fully saturated rings. The van der Waals surface area contributed by atoms with Crippen LogP contribution < -0.4 is 15.5 Å². The molecule has 1 amide bonds. The Morgan fingerprint density at radius 1 is 1.07 bits per heavy atom. The number of hydrogen-bond donors (Lipinski definition) is 2. The fraction of sp³-hybridized carbons (Fsp3) is 0.435. The first-order chi connectivity index (χ1) is 13.7. The fourth-order valence-electron chi connectivity index (χ4n) is 4.31. The summed E-state index contributed by atoms with van der Waals surface area (Å²) in [7, 11) is 0. The highest BCUT2D eigenvalue weighted by Gasteiger charge is 2.23. The Morgan fingerprint density at radius 2 is 1.89 bits per heavy atom. The average molecular weight is 381 g/mol. The summed E-state index contributed by atoms with van der Waals surface area (Å²) in [6.45, 7) is 3.57. The number of nitrogens with zero attached hydrogens (tertiary/aromatic N) is 1. The molecule has 2 aromatic carbocycles. The van der Waals surface area contributed by atoms with Gasteiger partial charge in [-0.15, -0.1) is 0 Å². The van der Waals surface area contributed by atoms with Gasteiger partial charge in [-0.1, -0.05) is 24.3 Å². The first kappa shape index (κ1) is 18.9. The zero-order valence-corrected chi connectivity index (χ0v) is 16.2. The lowest BCUT2D eigenvalue weighted by Gasteiger charge is -2.34. The van der Waals surface area contributed by atoms with Crippen LogP contribution in [0.3, 0.4) is 0 Å². The van der Waals surface area contributed by atoms with E-state index in [0.29, 0.717) is 11.6 Å². The van der Waals surface area contributed by atoms with Gasteiger partial charge in [-0.2, -0.15) is 0 Å². The van der Waals surface area contributed by atoms with E-state index < -0.39 is 0 Å². The van der Waals surface area contributed by atoms with Crippen LogP contribution in [-0.2, 0) is 0 Å². The van der Waals surface area contributed by atoms with Gasteiger partial charge >= 0.3 is 0 Å². The minimum Gasteiger partial charge on any atom is -0.369 e. The Kier molecular flexibility index (Phi) is 5.91. The van der Waals surface area contributed by atoms with Crippen LogP contribution in [0.1, 0.15) is 47.5 Å². The van der Waals surface area contributed by atoms with Gasteiger partial charge < -0.3 is 15.5 Å². The maximum absolute atomic E-state index is 14.0. The van der Waals surface area contributed by atoms with E-state index in [1.165, 1.54) is 24.5 Å². The van der Waals surface area contributed by atoms with Crippen LogP contribution in [0.2, 0.25) is 0 Å². The molecule has 0 radical (unpaired) electrons. The fourth-order valence-corrected chi connectivity index (χ4v) is 4.31. The number of carbonyl (C=O) groups is 1. The number of carbonyl (C=O) groups excluding carboxylic acids is 1. The van der Waals surface area contributed by atoms with Crippen molar-refractivity contribution in [3.8, 4) is 0 Å². The normalized spacial score (nSPS) is 20.8. The smallest absolute Gasteiger partial charge is 0.251 e. The molecule has 2 aromatic rings. The Hall–Kier alpha value is -2.40. The van der Waals surface area contributed by atoms with Crippen molar-refractivity contribution in [3.63, 3.8) is 0 Å². The molecule has 0 unspecified atom stereocenters. The van der Waals surface area contributed by atoms with Crippen molar-refractivity contribution in [1.82, 2.24) is 10.6 Å². The summed E-state index contributed by atoms with van der Waals surface area (Å²) in [5.41, 5.74) is 2.63. The van der Waals surface area contributed by atoms with Crippen LogP contribution >= 0.6 is 0 Å². The van der Waals surface area contributed by atoms with Gasteiger partial charge in [0.05, 0.1) is 5.69 Å². The first-order valence-corrected chi connectivity index (χ1v) is 10.3. The van der Waals surface area contributed by atoms with E-state index in [9.17, 15) is 9.18 Å². The zero-order chi connectivity index (χ0) is 19.3. The van der Waals surface area contributed by atoms with Gasteiger partial charge in [-0.05, 0) is 68.0 Å². The minimum atomic E-state index is -0.181. The van der Waals surface area contributed by atoms with Crippen molar-refractivity contribution in [1.29, 1.82) is 0 Å². The van der Waals surface area contributed by atoms with Crippen molar-refractivity contribution in [3.05, 3.63) is 65.5 Å². The molecule has 148 valence electrons. The predicted octanol–water partition coefficient (Wildman–Crippen LogP) is 3.69. The van der Waals surface area contributed by atoms with E-state index in [2.05, 4.69) is 21.6 Å². The quantitative estimate of drug-likeness (QED) is 0.849. The molecule has 0 bridgehead atoms. The minimum absolute atomic E-state index is 0.00467. The lowest BCUT2D eigenvalue weighted by atomic mass is 9.90. The number of para-hydroxylation sites is 1. The van der Waals surface area contributed by atoms with Crippen molar-refractivity contribution < 1.29 is 9.18 Å². The lowest BCUT2D eigenvalue weighted by molar-refractivity contribution is 0.0931. The molecule has 0 aliphatic carbocycles. The molecule has 2 N–H and O–H groups in total. The molecule has 4 rings (SSSR count). The molecule has 0 spiro atoms.